The Labute approximate surface area is 209 Å². The molecule has 0 spiro atoms. The maximum atomic E-state index is 12.3. The molecule has 1 N–H and O–H groups in total. The number of aliphatic carboxylic acids is 1. The Morgan fingerprint density at radius 1 is 1.00 bits per heavy atom. The van der Waals surface area contributed by atoms with Crippen LogP contribution in [0.3, 0.4) is 0 Å². The number of nitrogens with zero attached hydrogens (tertiary/aromatic N) is 3. The van der Waals surface area contributed by atoms with E-state index in [1.807, 2.05) is 104 Å². The molecule has 36 heavy (non-hydrogen) atoms. The van der Waals surface area contributed by atoms with Crippen LogP contribution in [0.4, 0.5) is 0 Å². The van der Waals surface area contributed by atoms with Crippen LogP contribution < -0.4 is 4.74 Å². The number of carbonyl (C=O) groups is 1. The number of hydrogen-bond acceptors (Lipinski definition) is 4. The number of carboxylic acid groups (broad SMARTS) is 1. The second kappa shape index (κ2) is 10.0. The fraction of sp³-hybridized carbons (Fsp3) is 0.167. The van der Waals surface area contributed by atoms with E-state index in [0.29, 0.717) is 13.0 Å². The first-order chi connectivity index (χ1) is 17.5. The minimum atomic E-state index is -0.850. The average molecular weight is 478 g/mol. The summed E-state index contributed by atoms with van der Waals surface area (Å²) in [6.45, 7) is 2.38. The summed E-state index contributed by atoms with van der Waals surface area (Å²) in [6.07, 6.45) is 3.98. The molecule has 0 aliphatic rings. The van der Waals surface area contributed by atoms with Crippen LogP contribution in [0.5, 0.6) is 5.75 Å². The quantitative estimate of drug-likeness (QED) is 0.300. The van der Waals surface area contributed by atoms with Gasteiger partial charge in [0.2, 0.25) is 0 Å². The van der Waals surface area contributed by atoms with Crippen molar-refractivity contribution >= 4 is 16.9 Å². The molecule has 5 aromatic rings. The minimum absolute atomic E-state index is 0.373. The number of aromatic nitrogens is 3. The van der Waals surface area contributed by atoms with Gasteiger partial charge in [-0.1, -0.05) is 36.4 Å². The summed E-state index contributed by atoms with van der Waals surface area (Å²) in [6, 6.07) is 25.5. The highest BCUT2D eigenvalue weighted by molar-refractivity contribution is 5.86. The monoisotopic (exact) mass is 477 g/mol. The molecule has 0 saturated heterocycles. The molecule has 6 heteroatoms. The van der Waals surface area contributed by atoms with E-state index in [4.69, 9.17) is 4.74 Å². The van der Waals surface area contributed by atoms with Gasteiger partial charge in [0, 0.05) is 41.6 Å². The third kappa shape index (κ3) is 4.98. The van der Waals surface area contributed by atoms with E-state index in [0.717, 1.165) is 50.4 Å². The van der Waals surface area contributed by atoms with Crippen molar-refractivity contribution in [2.75, 3.05) is 0 Å². The maximum absolute atomic E-state index is 12.3. The number of hydrogen-bond donors (Lipinski definition) is 1. The SMILES string of the molecule is Cc1ccc(-c2ccc(CC(C(=O)O)c3cc4cc(OCc5ccccn5)ccc4n3C)cc2)nc1. The molecule has 6 nitrogen and oxygen atoms in total. The molecular weight excluding hydrogens is 450 g/mol. The smallest absolute Gasteiger partial charge is 0.312 e. The summed E-state index contributed by atoms with van der Waals surface area (Å²) < 4.78 is 7.87. The highest BCUT2D eigenvalue weighted by Crippen LogP contribution is 2.30. The van der Waals surface area contributed by atoms with Crippen molar-refractivity contribution in [1.82, 2.24) is 14.5 Å². The van der Waals surface area contributed by atoms with E-state index in [2.05, 4.69) is 9.97 Å². The molecule has 5 rings (SSSR count). The lowest BCUT2D eigenvalue weighted by Crippen LogP contribution is -2.17. The molecule has 1 unspecified atom stereocenters. The Morgan fingerprint density at radius 2 is 1.83 bits per heavy atom. The van der Waals surface area contributed by atoms with E-state index in [-0.39, 0.29) is 0 Å². The second-order valence-corrected chi connectivity index (χ2v) is 8.97. The fourth-order valence-electron chi connectivity index (χ4n) is 4.42. The fourth-order valence-corrected chi connectivity index (χ4v) is 4.42. The van der Waals surface area contributed by atoms with E-state index in [1.165, 1.54) is 0 Å². The first-order valence-electron chi connectivity index (χ1n) is 11.8. The van der Waals surface area contributed by atoms with Gasteiger partial charge in [0.05, 0.1) is 11.4 Å². The van der Waals surface area contributed by atoms with E-state index in [9.17, 15) is 9.90 Å². The maximum Gasteiger partial charge on any atom is 0.312 e. The molecule has 0 aliphatic carbocycles. The lowest BCUT2D eigenvalue weighted by molar-refractivity contribution is -0.138. The summed E-state index contributed by atoms with van der Waals surface area (Å²) in [5.74, 6) is -0.807. The average Bonchev–Trinajstić information content (AvgIpc) is 3.22. The van der Waals surface area contributed by atoms with Crippen molar-refractivity contribution in [2.24, 2.45) is 7.05 Å². The number of aryl methyl sites for hydroxylation is 2. The largest absolute Gasteiger partial charge is 0.487 e. The van der Waals surface area contributed by atoms with Gasteiger partial charge in [0.25, 0.3) is 0 Å². The Balaban J connectivity index is 1.36. The number of ether oxygens (including phenoxy) is 1. The van der Waals surface area contributed by atoms with Gasteiger partial charge in [0.1, 0.15) is 18.3 Å². The molecule has 1 atom stereocenters. The van der Waals surface area contributed by atoms with Crippen molar-refractivity contribution in [2.45, 2.75) is 25.9 Å². The van der Waals surface area contributed by atoms with Gasteiger partial charge in [-0.25, -0.2) is 0 Å². The van der Waals surface area contributed by atoms with Gasteiger partial charge >= 0.3 is 5.97 Å². The van der Waals surface area contributed by atoms with Crippen LogP contribution in [-0.2, 0) is 24.9 Å². The number of benzene rings is 2. The van der Waals surface area contributed by atoms with Crippen molar-refractivity contribution < 1.29 is 14.6 Å². The van der Waals surface area contributed by atoms with Crippen molar-refractivity contribution in [1.29, 1.82) is 0 Å². The summed E-state index contributed by atoms with van der Waals surface area (Å²) in [7, 11) is 1.91. The van der Waals surface area contributed by atoms with Crippen LogP contribution in [0.25, 0.3) is 22.2 Å². The normalized spacial score (nSPS) is 11.9. The van der Waals surface area contributed by atoms with E-state index in [1.54, 1.807) is 6.20 Å². The number of rotatable bonds is 8. The predicted molar refractivity (Wildman–Crippen MR) is 140 cm³/mol. The molecule has 0 fully saturated rings. The van der Waals surface area contributed by atoms with Crippen molar-refractivity contribution in [3.63, 3.8) is 0 Å². The van der Waals surface area contributed by atoms with Crippen LogP contribution >= 0.6 is 0 Å². The predicted octanol–water partition coefficient (Wildman–Crippen LogP) is 5.93. The highest BCUT2D eigenvalue weighted by Gasteiger charge is 2.24. The van der Waals surface area contributed by atoms with Crippen LogP contribution in [0, 0.1) is 6.92 Å². The Bertz CT molecular complexity index is 1490. The Hall–Kier alpha value is -4.45. The van der Waals surface area contributed by atoms with Crippen LogP contribution in [0.2, 0.25) is 0 Å². The Kier molecular flexibility index (Phi) is 6.50. The summed E-state index contributed by atoms with van der Waals surface area (Å²) in [4.78, 5) is 21.1. The zero-order valence-electron chi connectivity index (χ0n) is 20.3. The van der Waals surface area contributed by atoms with Gasteiger partial charge in [-0.05, 0) is 66.9 Å². The summed E-state index contributed by atoms with van der Waals surface area (Å²) >= 11 is 0. The molecule has 180 valence electrons. The van der Waals surface area contributed by atoms with Crippen LogP contribution in [0.15, 0.2) is 91.3 Å². The van der Waals surface area contributed by atoms with Crippen molar-refractivity contribution in [3.8, 4) is 17.0 Å². The topological polar surface area (TPSA) is 77.2 Å². The van der Waals surface area contributed by atoms with Gasteiger partial charge in [-0.3, -0.25) is 14.8 Å². The summed E-state index contributed by atoms with van der Waals surface area (Å²) in [5.41, 5.74) is 6.54. The zero-order valence-corrected chi connectivity index (χ0v) is 20.3. The third-order valence-electron chi connectivity index (χ3n) is 6.42. The standard InChI is InChI=1S/C30H27N3O3/c1-20-6-12-27(32-18-20)22-9-7-21(8-10-22)15-26(30(34)35)29-17-23-16-25(11-13-28(23)33(29)2)36-19-24-5-3-4-14-31-24/h3-14,16-18,26H,15,19H2,1-2H3,(H,34,35). The molecule has 0 aliphatic heterocycles. The van der Waals surface area contributed by atoms with E-state index >= 15 is 0 Å². The molecule has 0 amide bonds. The van der Waals surface area contributed by atoms with Crippen LogP contribution in [0.1, 0.15) is 28.4 Å². The molecular formula is C30H27N3O3. The highest BCUT2D eigenvalue weighted by atomic mass is 16.5. The molecule has 0 radical (unpaired) electrons. The first kappa shape index (κ1) is 23.3. The van der Waals surface area contributed by atoms with Gasteiger partial charge in [0.15, 0.2) is 0 Å². The molecule has 0 bridgehead atoms. The Morgan fingerprint density at radius 3 is 2.53 bits per heavy atom. The summed E-state index contributed by atoms with van der Waals surface area (Å²) in [5, 5.41) is 11.0. The molecule has 3 heterocycles. The third-order valence-corrected chi connectivity index (χ3v) is 6.42. The number of pyridine rings is 2. The molecule has 0 saturated carbocycles. The minimum Gasteiger partial charge on any atom is -0.487 e. The number of carboxylic acids is 1. The van der Waals surface area contributed by atoms with Crippen molar-refractivity contribution in [3.05, 3.63) is 114 Å². The molecule has 3 aromatic heterocycles. The van der Waals surface area contributed by atoms with Gasteiger partial charge < -0.3 is 14.4 Å². The number of fused-ring (bicyclic) bond motifs is 1. The lowest BCUT2D eigenvalue weighted by Gasteiger charge is -2.14. The van der Waals surface area contributed by atoms with E-state index < -0.39 is 11.9 Å². The van der Waals surface area contributed by atoms with Crippen LogP contribution in [-0.4, -0.2) is 25.6 Å². The molecule has 2 aromatic carbocycles. The second-order valence-electron chi connectivity index (χ2n) is 8.97. The lowest BCUT2D eigenvalue weighted by atomic mass is 9.95. The zero-order chi connectivity index (χ0) is 25.1. The van der Waals surface area contributed by atoms with Gasteiger partial charge in [-0.2, -0.15) is 0 Å². The van der Waals surface area contributed by atoms with Gasteiger partial charge in [-0.15, -0.1) is 0 Å². The first-order valence-corrected chi connectivity index (χ1v) is 11.8.